The standard InChI is InChI=1S/C20H32N4O6/c1-10(2)12(5)18(25)30-13-8-16(24-7-6-15(21)23-20(24)27)29-14(13)9-28-19(26)17(22)11(3)4/h6-7,10-14,16-17H,8-9,22H2,1-5H3,(H2,21,23,27). The van der Waals surface area contributed by atoms with Gasteiger partial charge in [0.25, 0.3) is 0 Å². The average Bonchev–Trinajstić information content (AvgIpc) is 3.06. The number of nitrogens with zero attached hydrogens (tertiary/aromatic N) is 2. The first-order chi connectivity index (χ1) is 14.0. The highest BCUT2D eigenvalue weighted by molar-refractivity contribution is 5.75. The average molecular weight is 424 g/mol. The van der Waals surface area contributed by atoms with Crippen molar-refractivity contribution in [2.24, 2.45) is 23.5 Å². The lowest BCUT2D eigenvalue weighted by atomic mass is 9.98. The van der Waals surface area contributed by atoms with Crippen LogP contribution in [0.4, 0.5) is 5.82 Å². The lowest BCUT2D eigenvalue weighted by Gasteiger charge is -2.23. The molecule has 0 spiro atoms. The Kier molecular flexibility index (Phi) is 7.96. The Morgan fingerprint density at radius 1 is 1.23 bits per heavy atom. The van der Waals surface area contributed by atoms with Gasteiger partial charge in [-0.05, 0) is 17.9 Å². The normalized spacial score (nSPS) is 23.4. The van der Waals surface area contributed by atoms with Crippen molar-refractivity contribution in [3.63, 3.8) is 0 Å². The molecular weight excluding hydrogens is 392 g/mol. The van der Waals surface area contributed by atoms with E-state index in [1.807, 2.05) is 27.7 Å². The molecule has 1 aliphatic heterocycles. The van der Waals surface area contributed by atoms with E-state index in [0.717, 1.165) is 0 Å². The molecule has 1 aromatic heterocycles. The smallest absolute Gasteiger partial charge is 0.351 e. The Hall–Kier alpha value is -2.46. The van der Waals surface area contributed by atoms with Gasteiger partial charge in [-0.3, -0.25) is 14.2 Å². The number of hydrogen-bond acceptors (Lipinski definition) is 9. The molecule has 0 saturated carbocycles. The highest BCUT2D eigenvalue weighted by atomic mass is 16.6. The molecule has 1 aromatic rings. The molecule has 5 atom stereocenters. The van der Waals surface area contributed by atoms with Crippen molar-refractivity contribution < 1.29 is 23.8 Å². The van der Waals surface area contributed by atoms with Crippen molar-refractivity contribution in [3.8, 4) is 0 Å². The zero-order chi connectivity index (χ0) is 22.6. The van der Waals surface area contributed by atoms with Crippen LogP contribution < -0.4 is 17.2 Å². The van der Waals surface area contributed by atoms with Crippen molar-refractivity contribution in [3.05, 3.63) is 22.7 Å². The molecule has 0 bridgehead atoms. The Labute approximate surface area is 175 Å². The fourth-order valence-electron chi connectivity index (χ4n) is 2.85. The van der Waals surface area contributed by atoms with E-state index in [0.29, 0.717) is 0 Å². The van der Waals surface area contributed by atoms with Crippen LogP contribution in [-0.4, -0.2) is 46.3 Å². The number of carbonyl (C=O) groups is 2. The maximum Gasteiger partial charge on any atom is 0.351 e. The zero-order valence-electron chi connectivity index (χ0n) is 18.1. The lowest BCUT2D eigenvalue weighted by molar-refractivity contribution is -0.163. The molecule has 1 aliphatic rings. The number of aromatic nitrogens is 2. The van der Waals surface area contributed by atoms with E-state index in [-0.39, 0.29) is 42.6 Å². The minimum atomic E-state index is -0.770. The lowest BCUT2D eigenvalue weighted by Crippen LogP contribution is -2.40. The minimum absolute atomic E-state index is 0.0883. The van der Waals surface area contributed by atoms with Crippen molar-refractivity contribution in [2.75, 3.05) is 12.3 Å². The molecule has 1 saturated heterocycles. The summed E-state index contributed by atoms with van der Waals surface area (Å²) in [4.78, 5) is 40.5. The number of ether oxygens (including phenoxy) is 3. The van der Waals surface area contributed by atoms with Gasteiger partial charge >= 0.3 is 17.6 Å². The molecule has 0 amide bonds. The highest BCUT2D eigenvalue weighted by Gasteiger charge is 2.41. The van der Waals surface area contributed by atoms with Gasteiger partial charge < -0.3 is 25.7 Å². The van der Waals surface area contributed by atoms with Crippen molar-refractivity contribution in [1.29, 1.82) is 0 Å². The van der Waals surface area contributed by atoms with Gasteiger partial charge in [-0.25, -0.2) is 4.79 Å². The topological polar surface area (TPSA) is 149 Å². The third-order valence-electron chi connectivity index (χ3n) is 5.36. The number of carbonyl (C=O) groups excluding carboxylic acids is 2. The number of rotatable bonds is 8. The molecule has 10 heteroatoms. The van der Waals surface area contributed by atoms with Crippen LogP contribution in [0, 0.1) is 17.8 Å². The fraction of sp³-hybridized carbons (Fsp3) is 0.700. The van der Waals surface area contributed by atoms with E-state index in [1.54, 1.807) is 6.92 Å². The van der Waals surface area contributed by atoms with Gasteiger partial charge in [0, 0.05) is 12.6 Å². The van der Waals surface area contributed by atoms with Crippen LogP contribution in [0.15, 0.2) is 17.1 Å². The van der Waals surface area contributed by atoms with Crippen molar-refractivity contribution in [2.45, 2.75) is 65.5 Å². The van der Waals surface area contributed by atoms with Crippen LogP contribution in [0.5, 0.6) is 0 Å². The number of anilines is 1. The second-order valence-electron chi connectivity index (χ2n) is 8.32. The van der Waals surface area contributed by atoms with Gasteiger partial charge in [-0.2, -0.15) is 4.98 Å². The van der Waals surface area contributed by atoms with Gasteiger partial charge in [0.1, 0.15) is 36.9 Å². The van der Waals surface area contributed by atoms with Gasteiger partial charge in [0.2, 0.25) is 0 Å². The van der Waals surface area contributed by atoms with E-state index >= 15 is 0 Å². The first kappa shape index (κ1) is 23.8. The zero-order valence-corrected chi connectivity index (χ0v) is 18.1. The summed E-state index contributed by atoms with van der Waals surface area (Å²) < 4.78 is 18.1. The Balaban J connectivity index is 2.16. The van der Waals surface area contributed by atoms with E-state index < -0.39 is 36.1 Å². The van der Waals surface area contributed by atoms with Gasteiger partial charge in [0.05, 0.1) is 5.92 Å². The Morgan fingerprint density at radius 2 is 1.90 bits per heavy atom. The van der Waals surface area contributed by atoms with Crippen LogP contribution in [-0.2, 0) is 23.8 Å². The molecule has 0 radical (unpaired) electrons. The summed E-state index contributed by atoms with van der Waals surface area (Å²) in [7, 11) is 0. The molecule has 168 valence electrons. The van der Waals surface area contributed by atoms with Crippen LogP contribution in [0.2, 0.25) is 0 Å². The molecule has 2 heterocycles. The molecule has 30 heavy (non-hydrogen) atoms. The first-order valence-electron chi connectivity index (χ1n) is 10.1. The highest BCUT2D eigenvalue weighted by Crippen LogP contribution is 2.31. The van der Waals surface area contributed by atoms with Gasteiger partial charge in [0.15, 0.2) is 0 Å². The number of hydrogen-bond donors (Lipinski definition) is 2. The van der Waals surface area contributed by atoms with Gasteiger partial charge in [-0.1, -0.05) is 34.6 Å². The van der Waals surface area contributed by atoms with Gasteiger partial charge in [-0.15, -0.1) is 0 Å². The van der Waals surface area contributed by atoms with Crippen molar-refractivity contribution in [1.82, 2.24) is 9.55 Å². The first-order valence-corrected chi connectivity index (χ1v) is 10.1. The third-order valence-corrected chi connectivity index (χ3v) is 5.36. The predicted molar refractivity (Wildman–Crippen MR) is 109 cm³/mol. The largest absolute Gasteiger partial charge is 0.462 e. The number of esters is 2. The number of nitrogen functional groups attached to an aromatic ring is 1. The maximum absolute atomic E-state index is 12.5. The quantitative estimate of drug-likeness (QED) is 0.579. The van der Waals surface area contributed by atoms with E-state index in [9.17, 15) is 14.4 Å². The molecule has 5 unspecified atom stereocenters. The summed E-state index contributed by atoms with van der Waals surface area (Å²) >= 11 is 0. The van der Waals surface area contributed by atoms with Crippen LogP contribution in [0.1, 0.15) is 47.3 Å². The minimum Gasteiger partial charge on any atom is -0.462 e. The molecule has 10 nitrogen and oxygen atoms in total. The monoisotopic (exact) mass is 424 g/mol. The van der Waals surface area contributed by atoms with Crippen LogP contribution >= 0.6 is 0 Å². The van der Waals surface area contributed by atoms with Crippen molar-refractivity contribution >= 4 is 17.8 Å². The maximum atomic E-state index is 12.5. The molecular formula is C20H32N4O6. The Morgan fingerprint density at radius 3 is 2.47 bits per heavy atom. The van der Waals surface area contributed by atoms with E-state index in [4.69, 9.17) is 25.7 Å². The molecule has 2 rings (SSSR count). The molecule has 0 aliphatic carbocycles. The molecule has 1 fully saturated rings. The Bertz CT molecular complexity index is 809. The molecule has 0 aromatic carbocycles. The summed E-state index contributed by atoms with van der Waals surface area (Å²) in [6.07, 6.45) is -0.503. The predicted octanol–water partition coefficient (Wildman–Crippen LogP) is 0.843. The second kappa shape index (κ2) is 10.0. The fourth-order valence-corrected chi connectivity index (χ4v) is 2.85. The van der Waals surface area contributed by atoms with E-state index in [2.05, 4.69) is 4.98 Å². The summed E-state index contributed by atoms with van der Waals surface area (Å²) in [5.41, 5.74) is 10.8. The number of nitrogens with two attached hydrogens (primary N) is 2. The van der Waals surface area contributed by atoms with Crippen LogP contribution in [0.25, 0.3) is 0 Å². The second-order valence-corrected chi connectivity index (χ2v) is 8.32. The van der Waals surface area contributed by atoms with E-state index in [1.165, 1.54) is 16.8 Å². The summed E-state index contributed by atoms with van der Waals surface area (Å²) in [5.74, 6) is -1.16. The third kappa shape index (κ3) is 5.79. The summed E-state index contributed by atoms with van der Waals surface area (Å²) in [5, 5.41) is 0. The molecule has 4 N–H and O–H groups in total. The SMILES string of the molecule is CC(C)C(C)C(=O)OC1CC(n2ccc(N)nc2=O)OC1COC(=O)C(N)C(C)C. The van der Waals surface area contributed by atoms with Crippen LogP contribution in [0.3, 0.4) is 0 Å². The summed E-state index contributed by atoms with van der Waals surface area (Å²) in [6, 6.07) is 0.704. The summed E-state index contributed by atoms with van der Waals surface area (Å²) in [6.45, 7) is 9.10.